The van der Waals surface area contributed by atoms with E-state index in [0.717, 1.165) is 0 Å². The van der Waals surface area contributed by atoms with Crippen molar-refractivity contribution in [2.45, 2.75) is 25.3 Å². The zero-order chi connectivity index (χ0) is 12.0. The number of hydrogen-bond donors (Lipinski definition) is 1. The van der Waals surface area contributed by atoms with Gasteiger partial charge in [0.15, 0.2) is 0 Å². The molecule has 1 atom stereocenters. The molecule has 1 nitrogen and oxygen atoms in total. The van der Waals surface area contributed by atoms with Crippen LogP contribution in [0.5, 0.6) is 0 Å². The van der Waals surface area contributed by atoms with Crippen LogP contribution in [0.25, 0.3) is 0 Å². The van der Waals surface area contributed by atoms with E-state index in [1.54, 1.807) is 7.05 Å². The summed E-state index contributed by atoms with van der Waals surface area (Å²) in [5.41, 5.74) is 0.124. The molecule has 1 aromatic carbocycles. The van der Waals surface area contributed by atoms with Crippen molar-refractivity contribution in [1.82, 2.24) is 5.32 Å². The van der Waals surface area contributed by atoms with Crippen molar-refractivity contribution in [3.05, 3.63) is 35.4 Å². The Labute approximate surface area is 94.9 Å². The fraction of sp³-hybridized carbons (Fsp3) is 0.385. The minimum atomic E-state index is -0.499. The molecule has 0 saturated carbocycles. The van der Waals surface area contributed by atoms with E-state index in [2.05, 4.69) is 11.2 Å². The summed E-state index contributed by atoms with van der Waals surface area (Å²) in [6, 6.07) is 3.91. The molecule has 1 unspecified atom stereocenters. The van der Waals surface area contributed by atoms with Crippen LogP contribution < -0.4 is 5.32 Å². The van der Waals surface area contributed by atoms with Crippen molar-refractivity contribution >= 4 is 0 Å². The third-order valence-electron chi connectivity index (χ3n) is 2.56. The normalized spacial score (nSPS) is 12.1. The highest BCUT2D eigenvalue weighted by Gasteiger charge is 2.13. The molecule has 0 bridgehead atoms. The van der Waals surface area contributed by atoms with Gasteiger partial charge in [-0.25, -0.2) is 8.78 Å². The van der Waals surface area contributed by atoms with Gasteiger partial charge in [0.1, 0.15) is 11.6 Å². The molecule has 1 aromatic rings. The lowest BCUT2D eigenvalue weighted by Crippen LogP contribution is -2.28. The first-order chi connectivity index (χ1) is 7.69. The SMILES string of the molecule is C#CCCC(Cc1c(F)cccc1F)NC. The molecule has 0 aliphatic rings. The summed E-state index contributed by atoms with van der Waals surface area (Å²) < 4.78 is 26.7. The summed E-state index contributed by atoms with van der Waals surface area (Å²) in [6.07, 6.45) is 6.78. The van der Waals surface area contributed by atoms with Gasteiger partial charge in [0.25, 0.3) is 0 Å². The zero-order valence-electron chi connectivity index (χ0n) is 9.26. The molecule has 0 aliphatic heterocycles. The van der Waals surface area contributed by atoms with E-state index < -0.39 is 11.6 Å². The molecule has 3 heteroatoms. The van der Waals surface area contributed by atoms with Crippen molar-refractivity contribution < 1.29 is 8.78 Å². The zero-order valence-corrected chi connectivity index (χ0v) is 9.26. The Morgan fingerprint density at radius 1 is 1.38 bits per heavy atom. The van der Waals surface area contributed by atoms with Gasteiger partial charge in [-0.1, -0.05) is 6.07 Å². The summed E-state index contributed by atoms with van der Waals surface area (Å²) >= 11 is 0. The van der Waals surface area contributed by atoms with Gasteiger partial charge in [0, 0.05) is 18.0 Å². The van der Waals surface area contributed by atoms with Crippen LogP contribution in [-0.2, 0) is 6.42 Å². The summed E-state index contributed by atoms with van der Waals surface area (Å²) in [5, 5.41) is 3.01. The largest absolute Gasteiger partial charge is 0.317 e. The van der Waals surface area contributed by atoms with Crippen molar-refractivity contribution in [3.63, 3.8) is 0 Å². The van der Waals surface area contributed by atoms with E-state index in [1.165, 1.54) is 18.2 Å². The lowest BCUT2D eigenvalue weighted by Gasteiger charge is -2.15. The van der Waals surface area contributed by atoms with Crippen LogP contribution >= 0.6 is 0 Å². The van der Waals surface area contributed by atoms with Crippen molar-refractivity contribution in [3.8, 4) is 12.3 Å². The second kappa shape index (κ2) is 6.24. The van der Waals surface area contributed by atoms with Crippen LogP contribution in [0.4, 0.5) is 8.78 Å². The quantitative estimate of drug-likeness (QED) is 0.756. The molecule has 0 spiro atoms. The maximum Gasteiger partial charge on any atom is 0.129 e. The number of likely N-dealkylation sites (N-methyl/N-ethyl adjacent to an activating group) is 1. The minimum Gasteiger partial charge on any atom is -0.317 e. The van der Waals surface area contributed by atoms with E-state index in [9.17, 15) is 8.78 Å². The van der Waals surface area contributed by atoms with Gasteiger partial charge in [-0.05, 0) is 32.0 Å². The number of halogens is 2. The van der Waals surface area contributed by atoms with Crippen molar-refractivity contribution in [1.29, 1.82) is 0 Å². The molecule has 1 N–H and O–H groups in total. The summed E-state index contributed by atoms with van der Waals surface area (Å²) in [6.45, 7) is 0. The number of nitrogens with one attached hydrogen (secondary N) is 1. The van der Waals surface area contributed by atoms with E-state index in [4.69, 9.17) is 6.42 Å². The smallest absolute Gasteiger partial charge is 0.129 e. The monoisotopic (exact) mass is 223 g/mol. The standard InChI is InChI=1S/C13H15F2N/c1-3-4-6-10(16-2)9-11-12(14)7-5-8-13(11)15/h1,5,7-8,10,16H,4,6,9H2,2H3. The predicted octanol–water partition coefficient (Wildman–Crippen LogP) is 2.51. The molecule has 1 rings (SSSR count). The average molecular weight is 223 g/mol. The molecule has 0 radical (unpaired) electrons. The lowest BCUT2D eigenvalue weighted by molar-refractivity contribution is 0.487. The van der Waals surface area contributed by atoms with Crippen LogP contribution in [0.3, 0.4) is 0 Å². The number of hydrogen-bond acceptors (Lipinski definition) is 1. The number of benzene rings is 1. The maximum absolute atomic E-state index is 13.4. The fourth-order valence-corrected chi connectivity index (χ4v) is 1.58. The highest BCUT2D eigenvalue weighted by molar-refractivity contribution is 5.20. The predicted molar refractivity (Wildman–Crippen MR) is 61.0 cm³/mol. The topological polar surface area (TPSA) is 12.0 Å². The minimum absolute atomic E-state index is 0.00227. The number of rotatable bonds is 5. The van der Waals surface area contributed by atoms with E-state index in [0.29, 0.717) is 19.3 Å². The fourth-order valence-electron chi connectivity index (χ4n) is 1.58. The van der Waals surface area contributed by atoms with Crippen LogP contribution in [0.1, 0.15) is 18.4 Å². The Kier molecular flexibility index (Phi) is 4.94. The van der Waals surface area contributed by atoms with E-state index in [1.807, 2.05) is 0 Å². The molecule has 0 amide bonds. The van der Waals surface area contributed by atoms with Gasteiger partial charge in [0.2, 0.25) is 0 Å². The van der Waals surface area contributed by atoms with Gasteiger partial charge >= 0.3 is 0 Å². The Balaban J connectivity index is 2.74. The highest BCUT2D eigenvalue weighted by Crippen LogP contribution is 2.15. The first-order valence-electron chi connectivity index (χ1n) is 5.22. The Hall–Kier alpha value is -1.40. The van der Waals surface area contributed by atoms with Gasteiger partial charge in [-0.2, -0.15) is 0 Å². The molecular weight excluding hydrogens is 208 g/mol. The molecule has 0 saturated heterocycles. The first kappa shape index (κ1) is 12.7. The summed E-state index contributed by atoms with van der Waals surface area (Å²) in [7, 11) is 1.76. The molecule has 0 aromatic heterocycles. The van der Waals surface area contributed by atoms with Crippen LogP contribution in [0.15, 0.2) is 18.2 Å². The van der Waals surface area contributed by atoms with E-state index in [-0.39, 0.29) is 11.6 Å². The third-order valence-corrected chi connectivity index (χ3v) is 2.56. The van der Waals surface area contributed by atoms with Crippen molar-refractivity contribution in [2.24, 2.45) is 0 Å². The van der Waals surface area contributed by atoms with Crippen molar-refractivity contribution in [2.75, 3.05) is 7.05 Å². The second-order valence-electron chi connectivity index (χ2n) is 3.63. The van der Waals surface area contributed by atoms with Gasteiger partial charge in [0.05, 0.1) is 0 Å². The molecule has 0 aliphatic carbocycles. The molecule has 86 valence electrons. The Morgan fingerprint density at radius 2 is 2.00 bits per heavy atom. The van der Waals surface area contributed by atoms with Crippen LogP contribution in [-0.4, -0.2) is 13.1 Å². The maximum atomic E-state index is 13.4. The van der Waals surface area contributed by atoms with Crippen LogP contribution in [0, 0.1) is 24.0 Å². The van der Waals surface area contributed by atoms with Crippen LogP contribution in [0.2, 0.25) is 0 Å². The molecular formula is C13H15F2N. The van der Waals surface area contributed by atoms with E-state index >= 15 is 0 Å². The lowest BCUT2D eigenvalue weighted by atomic mass is 10.0. The molecule has 16 heavy (non-hydrogen) atoms. The first-order valence-corrected chi connectivity index (χ1v) is 5.22. The molecule has 0 heterocycles. The molecule has 0 fully saturated rings. The highest BCUT2D eigenvalue weighted by atomic mass is 19.1. The summed E-state index contributed by atoms with van der Waals surface area (Å²) in [5.74, 6) is 1.52. The van der Waals surface area contributed by atoms with Gasteiger partial charge in [-0.3, -0.25) is 0 Å². The van der Waals surface area contributed by atoms with Gasteiger partial charge in [-0.15, -0.1) is 12.3 Å². The summed E-state index contributed by atoms with van der Waals surface area (Å²) in [4.78, 5) is 0. The Morgan fingerprint density at radius 3 is 2.50 bits per heavy atom. The average Bonchev–Trinajstić information content (AvgIpc) is 2.28. The third kappa shape index (κ3) is 3.32. The van der Waals surface area contributed by atoms with Gasteiger partial charge < -0.3 is 5.32 Å². The number of terminal acetylenes is 1. The second-order valence-corrected chi connectivity index (χ2v) is 3.63. The Bertz CT molecular complexity index is 362.